The lowest BCUT2D eigenvalue weighted by Gasteiger charge is -2.05. The number of carbonyl (C=O) groups excluding carboxylic acids is 1. The summed E-state index contributed by atoms with van der Waals surface area (Å²) in [6, 6.07) is 5.71. The molecule has 0 spiro atoms. The summed E-state index contributed by atoms with van der Waals surface area (Å²) in [7, 11) is -2.19. The molecule has 2 N–H and O–H groups in total. The van der Waals surface area contributed by atoms with Crippen molar-refractivity contribution in [3.8, 4) is 12.3 Å². The first-order chi connectivity index (χ1) is 8.01. The Hall–Kier alpha value is -1.84. The molecule has 0 fully saturated rings. The van der Waals surface area contributed by atoms with Gasteiger partial charge < -0.3 is 5.32 Å². The average Bonchev–Trinajstić information content (AvgIpc) is 2.35. The monoisotopic (exact) mass is 252 g/mol. The van der Waals surface area contributed by atoms with Crippen molar-refractivity contribution in [3.05, 3.63) is 29.8 Å². The first-order valence-corrected chi connectivity index (χ1v) is 6.25. The number of rotatable bonds is 4. The Morgan fingerprint density at radius 3 is 2.76 bits per heavy atom. The van der Waals surface area contributed by atoms with Crippen LogP contribution in [-0.4, -0.2) is 27.9 Å². The average molecular weight is 252 g/mol. The molecular weight excluding hydrogens is 240 g/mol. The first-order valence-electron chi connectivity index (χ1n) is 4.76. The molecule has 90 valence electrons. The van der Waals surface area contributed by atoms with E-state index in [1.165, 1.54) is 31.3 Å². The van der Waals surface area contributed by atoms with Crippen LogP contribution in [0.4, 0.5) is 0 Å². The Morgan fingerprint density at radius 1 is 1.47 bits per heavy atom. The van der Waals surface area contributed by atoms with E-state index in [2.05, 4.69) is 16.0 Å². The molecule has 0 atom stereocenters. The van der Waals surface area contributed by atoms with Gasteiger partial charge in [-0.05, 0) is 18.2 Å². The minimum absolute atomic E-state index is 0.00819. The van der Waals surface area contributed by atoms with Gasteiger partial charge in [0.2, 0.25) is 10.0 Å². The normalized spacial score (nSPS) is 10.6. The van der Waals surface area contributed by atoms with Gasteiger partial charge in [0.25, 0.3) is 5.91 Å². The van der Waals surface area contributed by atoms with Crippen LogP contribution in [0.3, 0.4) is 0 Å². The molecule has 0 aromatic heterocycles. The fourth-order valence-electron chi connectivity index (χ4n) is 1.17. The molecule has 0 radical (unpaired) electrons. The summed E-state index contributed by atoms with van der Waals surface area (Å²) in [5.41, 5.74) is 0.274. The van der Waals surface area contributed by atoms with E-state index in [0.717, 1.165) is 0 Å². The molecule has 5 nitrogen and oxygen atoms in total. The zero-order chi connectivity index (χ0) is 12.9. The SMILES string of the molecule is C#CCNS(=O)(=O)c1cccc(C(=O)NC)c1. The lowest BCUT2D eigenvalue weighted by atomic mass is 10.2. The molecule has 1 amide bonds. The Balaban J connectivity index is 3.08. The molecule has 6 heteroatoms. The van der Waals surface area contributed by atoms with E-state index in [9.17, 15) is 13.2 Å². The predicted octanol–water partition coefficient (Wildman–Crippen LogP) is -0.0423. The fourth-order valence-corrected chi connectivity index (χ4v) is 2.15. The minimum atomic E-state index is -3.66. The van der Waals surface area contributed by atoms with E-state index in [1.807, 2.05) is 0 Å². The summed E-state index contributed by atoms with van der Waals surface area (Å²) < 4.78 is 25.6. The molecule has 0 aliphatic carbocycles. The molecule has 0 bridgehead atoms. The van der Waals surface area contributed by atoms with E-state index in [0.29, 0.717) is 0 Å². The van der Waals surface area contributed by atoms with E-state index in [-0.39, 0.29) is 22.9 Å². The van der Waals surface area contributed by atoms with Crippen LogP contribution in [0.2, 0.25) is 0 Å². The van der Waals surface area contributed by atoms with Crippen molar-refractivity contribution in [2.24, 2.45) is 0 Å². The Bertz CT molecular complexity index is 558. The summed E-state index contributed by atoms with van der Waals surface area (Å²) in [6.07, 6.45) is 4.97. The highest BCUT2D eigenvalue weighted by atomic mass is 32.2. The number of benzene rings is 1. The van der Waals surface area contributed by atoms with Crippen LogP contribution >= 0.6 is 0 Å². The lowest BCUT2D eigenvalue weighted by Crippen LogP contribution is -2.24. The van der Waals surface area contributed by atoms with Crippen molar-refractivity contribution >= 4 is 15.9 Å². The number of hydrogen-bond donors (Lipinski definition) is 2. The van der Waals surface area contributed by atoms with Gasteiger partial charge >= 0.3 is 0 Å². The largest absolute Gasteiger partial charge is 0.355 e. The third kappa shape index (κ3) is 3.31. The Morgan fingerprint density at radius 2 is 2.18 bits per heavy atom. The van der Waals surface area contributed by atoms with Gasteiger partial charge in [-0.3, -0.25) is 4.79 Å². The van der Waals surface area contributed by atoms with Crippen LogP contribution in [0.5, 0.6) is 0 Å². The molecule has 0 aliphatic rings. The van der Waals surface area contributed by atoms with Gasteiger partial charge in [-0.2, -0.15) is 4.72 Å². The zero-order valence-corrected chi connectivity index (χ0v) is 10.0. The topological polar surface area (TPSA) is 75.3 Å². The van der Waals surface area contributed by atoms with E-state index in [4.69, 9.17) is 6.42 Å². The Labute approximate surface area is 100 Å². The van der Waals surface area contributed by atoms with Gasteiger partial charge in [-0.1, -0.05) is 12.0 Å². The number of nitrogens with one attached hydrogen (secondary N) is 2. The molecule has 1 aromatic rings. The van der Waals surface area contributed by atoms with Crippen molar-refractivity contribution in [3.63, 3.8) is 0 Å². The van der Waals surface area contributed by atoms with Gasteiger partial charge in [0.1, 0.15) is 0 Å². The molecule has 0 unspecified atom stereocenters. The minimum Gasteiger partial charge on any atom is -0.355 e. The van der Waals surface area contributed by atoms with Gasteiger partial charge in [0.15, 0.2) is 0 Å². The van der Waals surface area contributed by atoms with Crippen molar-refractivity contribution in [1.29, 1.82) is 0 Å². The molecule has 17 heavy (non-hydrogen) atoms. The summed E-state index contributed by atoms with van der Waals surface area (Å²) in [6.45, 7) is -0.0907. The third-order valence-electron chi connectivity index (χ3n) is 2.00. The maximum atomic E-state index is 11.7. The highest BCUT2D eigenvalue weighted by Crippen LogP contribution is 2.11. The molecular formula is C11H12N2O3S. The number of amides is 1. The van der Waals surface area contributed by atoms with Crippen LogP contribution in [0, 0.1) is 12.3 Å². The summed E-state index contributed by atoms with van der Waals surface area (Å²) in [5, 5.41) is 2.42. The zero-order valence-electron chi connectivity index (χ0n) is 9.23. The van der Waals surface area contributed by atoms with Crippen LogP contribution in [0.15, 0.2) is 29.2 Å². The molecule has 0 saturated carbocycles. The summed E-state index contributed by atoms with van der Waals surface area (Å²) >= 11 is 0. The van der Waals surface area contributed by atoms with E-state index >= 15 is 0 Å². The van der Waals surface area contributed by atoms with Crippen molar-refractivity contribution in [1.82, 2.24) is 10.0 Å². The quantitative estimate of drug-likeness (QED) is 0.738. The maximum Gasteiger partial charge on any atom is 0.251 e. The maximum absolute atomic E-state index is 11.7. The molecule has 0 saturated heterocycles. The lowest BCUT2D eigenvalue weighted by molar-refractivity contribution is 0.0963. The van der Waals surface area contributed by atoms with E-state index < -0.39 is 10.0 Å². The second-order valence-electron chi connectivity index (χ2n) is 3.14. The summed E-state index contributed by atoms with van der Waals surface area (Å²) in [5.74, 6) is 1.82. The number of hydrogen-bond acceptors (Lipinski definition) is 3. The standard InChI is InChI=1S/C11H12N2O3S/c1-3-7-13-17(15,16)10-6-4-5-9(8-10)11(14)12-2/h1,4-6,8,13H,7H2,2H3,(H,12,14). The van der Waals surface area contributed by atoms with Crippen LogP contribution in [0.25, 0.3) is 0 Å². The van der Waals surface area contributed by atoms with Crippen LogP contribution in [-0.2, 0) is 10.0 Å². The second-order valence-corrected chi connectivity index (χ2v) is 4.90. The van der Waals surface area contributed by atoms with Gasteiger partial charge in [-0.25, -0.2) is 8.42 Å². The van der Waals surface area contributed by atoms with Gasteiger partial charge in [0.05, 0.1) is 11.4 Å². The molecule has 1 rings (SSSR count). The fraction of sp³-hybridized carbons (Fsp3) is 0.182. The van der Waals surface area contributed by atoms with Crippen LogP contribution < -0.4 is 10.0 Å². The molecule has 1 aromatic carbocycles. The molecule has 0 heterocycles. The van der Waals surface area contributed by atoms with Crippen molar-refractivity contribution < 1.29 is 13.2 Å². The van der Waals surface area contributed by atoms with Crippen LogP contribution in [0.1, 0.15) is 10.4 Å². The first kappa shape index (κ1) is 13.2. The highest BCUT2D eigenvalue weighted by Gasteiger charge is 2.14. The predicted molar refractivity (Wildman–Crippen MR) is 63.9 cm³/mol. The van der Waals surface area contributed by atoms with Gasteiger partial charge in [0, 0.05) is 12.6 Å². The molecule has 0 aliphatic heterocycles. The highest BCUT2D eigenvalue weighted by molar-refractivity contribution is 7.89. The number of sulfonamides is 1. The smallest absolute Gasteiger partial charge is 0.251 e. The number of carbonyl (C=O) groups is 1. The number of terminal acetylenes is 1. The third-order valence-corrected chi connectivity index (χ3v) is 3.40. The van der Waals surface area contributed by atoms with E-state index in [1.54, 1.807) is 0 Å². The Kier molecular flexibility index (Phi) is 4.26. The van der Waals surface area contributed by atoms with Crippen molar-refractivity contribution in [2.75, 3.05) is 13.6 Å². The second kappa shape index (κ2) is 5.48. The summed E-state index contributed by atoms with van der Waals surface area (Å²) in [4.78, 5) is 11.4. The van der Waals surface area contributed by atoms with Crippen molar-refractivity contribution in [2.45, 2.75) is 4.90 Å². The van der Waals surface area contributed by atoms with Gasteiger partial charge in [-0.15, -0.1) is 6.42 Å².